The number of rotatable bonds is 7. The molecule has 1 aliphatic heterocycles. The van der Waals surface area contributed by atoms with E-state index >= 15 is 0 Å². The fourth-order valence-electron chi connectivity index (χ4n) is 2.73. The minimum Gasteiger partial charge on any atom is -0.387 e. The summed E-state index contributed by atoms with van der Waals surface area (Å²) in [5.74, 6) is 2.65. The monoisotopic (exact) mass is 365 g/mol. The Kier molecular flexibility index (Phi) is 6.00. The van der Waals surface area contributed by atoms with E-state index in [9.17, 15) is 5.11 Å². The van der Waals surface area contributed by atoms with Crippen molar-refractivity contribution in [2.75, 3.05) is 31.1 Å². The minimum atomic E-state index is -0.622. The first-order valence-corrected chi connectivity index (χ1v) is 10.7. The van der Waals surface area contributed by atoms with Gasteiger partial charge in [0.1, 0.15) is 0 Å². The predicted molar refractivity (Wildman–Crippen MR) is 105 cm³/mol. The Bertz CT molecular complexity index is 555. The molecule has 1 heterocycles. The van der Waals surface area contributed by atoms with E-state index < -0.39 is 5.60 Å². The Hall–Kier alpha value is -0.850. The lowest BCUT2D eigenvalue weighted by Gasteiger charge is -2.21. The van der Waals surface area contributed by atoms with Gasteiger partial charge in [0, 0.05) is 28.5 Å². The Morgan fingerprint density at radius 2 is 2.04 bits per heavy atom. The fraction of sp³-hybridized carbons (Fsp3) is 0.611. The zero-order valence-electron chi connectivity index (χ0n) is 14.3. The third-order valence-corrected chi connectivity index (χ3v) is 7.15. The summed E-state index contributed by atoms with van der Waals surface area (Å²) in [6.45, 7) is 4.29. The molecule has 0 bridgehead atoms. The molecule has 0 amide bonds. The van der Waals surface area contributed by atoms with Crippen molar-refractivity contribution in [1.82, 2.24) is 10.6 Å². The number of benzene rings is 1. The topological polar surface area (TPSA) is 56.7 Å². The zero-order chi connectivity index (χ0) is 16.9. The van der Waals surface area contributed by atoms with Crippen molar-refractivity contribution < 1.29 is 5.11 Å². The first-order valence-electron chi connectivity index (χ1n) is 8.70. The van der Waals surface area contributed by atoms with Gasteiger partial charge >= 0.3 is 0 Å². The molecule has 3 N–H and O–H groups in total. The molecule has 1 saturated heterocycles. The van der Waals surface area contributed by atoms with E-state index in [2.05, 4.69) is 52.9 Å². The second-order valence-corrected chi connectivity index (χ2v) is 9.32. The van der Waals surface area contributed by atoms with Gasteiger partial charge in [-0.15, -0.1) is 11.8 Å². The largest absolute Gasteiger partial charge is 0.387 e. The Labute approximate surface area is 153 Å². The maximum Gasteiger partial charge on any atom is 0.191 e. The Balaban J connectivity index is 1.54. The van der Waals surface area contributed by atoms with E-state index in [1.807, 2.05) is 23.5 Å². The second-order valence-electron chi connectivity index (χ2n) is 6.67. The highest BCUT2D eigenvalue weighted by Gasteiger charge is 2.43. The van der Waals surface area contributed by atoms with Crippen molar-refractivity contribution in [2.45, 2.75) is 41.4 Å². The van der Waals surface area contributed by atoms with Crippen molar-refractivity contribution >= 4 is 29.5 Å². The van der Waals surface area contributed by atoms with Crippen LogP contribution in [-0.2, 0) is 0 Å². The maximum atomic E-state index is 10.5. The fourth-order valence-corrected chi connectivity index (χ4v) is 5.25. The lowest BCUT2D eigenvalue weighted by Crippen LogP contribution is -2.43. The quantitative estimate of drug-likeness (QED) is 0.512. The number of aliphatic hydroxyl groups is 1. The van der Waals surface area contributed by atoms with Gasteiger partial charge in [-0.05, 0) is 44.1 Å². The molecule has 2 fully saturated rings. The van der Waals surface area contributed by atoms with E-state index in [0.29, 0.717) is 6.54 Å². The van der Waals surface area contributed by atoms with Crippen molar-refractivity contribution in [3.05, 3.63) is 30.3 Å². The molecule has 1 atom stereocenters. The Morgan fingerprint density at radius 3 is 2.67 bits per heavy atom. The standard InChI is InChI=1S/C18H27N3OS2/c1-2-19-16(20-12-17(22)10-11-23-14-17)21-13-18(8-9-18)24-15-6-4-3-5-7-15/h3-7,22H,2,8-14H2,1H3,(H2,19,20,21). The molecule has 1 aliphatic carbocycles. The molecule has 6 heteroatoms. The van der Waals surface area contributed by atoms with Crippen LogP contribution >= 0.6 is 23.5 Å². The molecular formula is C18H27N3OS2. The molecule has 3 rings (SSSR count). The van der Waals surface area contributed by atoms with Gasteiger partial charge in [0.25, 0.3) is 0 Å². The summed E-state index contributed by atoms with van der Waals surface area (Å²) < 4.78 is 0.289. The van der Waals surface area contributed by atoms with Crippen LogP contribution in [0.15, 0.2) is 40.2 Å². The average Bonchev–Trinajstić information content (AvgIpc) is 3.21. The maximum absolute atomic E-state index is 10.5. The van der Waals surface area contributed by atoms with Crippen molar-refractivity contribution in [3.63, 3.8) is 0 Å². The molecule has 0 aromatic heterocycles. The van der Waals surface area contributed by atoms with E-state index in [1.165, 1.54) is 17.7 Å². The van der Waals surface area contributed by atoms with Crippen LogP contribution in [0.5, 0.6) is 0 Å². The highest BCUT2D eigenvalue weighted by atomic mass is 32.2. The summed E-state index contributed by atoms with van der Waals surface area (Å²) in [7, 11) is 0. The van der Waals surface area contributed by atoms with E-state index in [0.717, 1.165) is 37.0 Å². The summed E-state index contributed by atoms with van der Waals surface area (Å²) in [6, 6.07) is 10.6. The van der Waals surface area contributed by atoms with Gasteiger partial charge in [-0.2, -0.15) is 11.8 Å². The number of nitrogens with one attached hydrogen (secondary N) is 2. The lowest BCUT2D eigenvalue weighted by molar-refractivity contribution is 0.0778. The van der Waals surface area contributed by atoms with Crippen LogP contribution in [0.2, 0.25) is 0 Å². The van der Waals surface area contributed by atoms with E-state index in [-0.39, 0.29) is 4.75 Å². The average molecular weight is 366 g/mol. The van der Waals surface area contributed by atoms with Gasteiger partial charge in [-0.3, -0.25) is 4.99 Å². The molecule has 1 unspecified atom stereocenters. The highest BCUT2D eigenvalue weighted by Crippen LogP contribution is 2.51. The third kappa shape index (κ3) is 5.07. The van der Waals surface area contributed by atoms with Crippen LogP contribution in [0, 0.1) is 0 Å². The van der Waals surface area contributed by atoms with Crippen LogP contribution < -0.4 is 10.6 Å². The minimum absolute atomic E-state index is 0.289. The van der Waals surface area contributed by atoms with Crippen molar-refractivity contribution in [1.29, 1.82) is 0 Å². The Morgan fingerprint density at radius 1 is 1.25 bits per heavy atom. The molecule has 1 aromatic rings. The summed E-state index contributed by atoms with van der Waals surface area (Å²) in [4.78, 5) is 5.96. The van der Waals surface area contributed by atoms with Gasteiger partial charge in [0.05, 0.1) is 12.1 Å². The van der Waals surface area contributed by atoms with E-state index in [4.69, 9.17) is 0 Å². The summed E-state index contributed by atoms with van der Waals surface area (Å²) in [5.41, 5.74) is -0.622. The number of hydrogen-bond acceptors (Lipinski definition) is 4. The predicted octanol–water partition coefficient (Wildman–Crippen LogP) is 2.73. The molecule has 4 nitrogen and oxygen atoms in total. The van der Waals surface area contributed by atoms with E-state index in [1.54, 1.807) is 0 Å². The van der Waals surface area contributed by atoms with Gasteiger partial charge in [0.15, 0.2) is 5.96 Å². The summed E-state index contributed by atoms with van der Waals surface area (Å²) in [6.07, 6.45) is 3.31. The molecule has 132 valence electrons. The van der Waals surface area contributed by atoms with Gasteiger partial charge in [-0.1, -0.05) is 18.2 Å². The van der Waals surface area contributed by atoms with Crippen LogP contribution in [0.25, 0.3) is 0 Å². The highest BCUT2D eigenvalue weighted by molar-refractivity contribution is 8.01. The smallest absolute Gasteiger partial charge is 0.191 e. The molecular weight excluding hydrogens is 338 g/mol. The molecule has 0 radical (unpaired) electrons. The first-order chi connectivity index (χ1) is 11.6. The lowest BCUT2D eigenvalue weighted by atomic mass is 10.1. The number of nitrogens with zero attached hydrogens (tertiary/aromatic N) is 1. The normalized spacial score (nSPS) is 25.5. The van der Waals surface area contributed by atoms with Crippen molar-refractivity contribution in [2.24, 2.45) is 4.99 Å². The molecule has 2 aliphatic rings. The van der Waals surface area contributed by atoms with Gasteiger partial charge < -0.3 is 15.7 Å². The third-order valence-electron chi connectivity index (χ3n) is 4.42. The summed E-state index contributed by atoms with van der Waals surface area (Å²) in [5, 5.41) is 17.2. The number of thioether (sulfide) groups is 2. The molecule has 24 heavy (non-hydrogen) atoms. The number of aliphatic imine (C=N–C) groups is 1. The van der Waals surface area contributed by atoms with Crippen LogP contribution in [0.1, 0.15) is 26.2 Å². The number of hydrogen-bond donors (Lipinski definition) is 3. The van der Waals surface area contributed by atoms with Gasteiger partial charge in [-0.25, -0.2) is 0 Å². The number of guanidine groups is 1. The summed E-state index contributed by atoms with van der Waals surface area (Å²) >= 11 is 3.77. The molecule has 1 saturated carbocycles. The van der Waals surface area contributed by atoms with Gasteiger partial charge in [0.2, 0.25) is 0 Å². The first kappa shape index (κ1) is 18.0. The van der Waals surface area contributed by atoms with Crippen LogP contribution in [0.3, 0.4) is 0 Å². The van der Waals surface area contributed by atoms with Crippen molar-refractivity contribution in [3.8, 4) is 0 Å². The van der Waals surface area contributed by atoms with Crippen LogP contribution in [0.4, 0.5) is 0 Å². The second kappa shape index (κ2) is 8.02. The molecule has 1 aromatic carbocycles. The molecule has 0 spiro atoms. The van der Waals surface area contributed by atoms with Crippen LogP contribution in [-0.4, -0.2) is 52.6 Å². The SMILES string of the molecule is CCNC(=NCC1(O)CCSC1)NCC1(Sc2ccccc2)CC1. The zero-order valence-corrected chi connectivity index (χ0v) is 15.9.